The lowest BCUT2D eigenvalue weighted by Crippen LogP contribution is -2.56. The molecule has 35 heavy (non-hydrogen) atoms. The Morgan fingerprint density at radius 1 is 0.914 bits per heavy atom. The first kappa shape index (κ1) is 24.6. The minimum absolute atomic E-state index is 0.644. The molecule has 0 aliphatic carbocycles. The maximum absolute atomic E-state index is 5.73. The van der Waals surface area contributed by atoms with Crippen LogP contribution in [0.15, 0.2) is 24.4 Å². The van der Waals surface area contributed by atoms with Gasteiger partial charge in [-0.05, 0) is 71.7 Å². The van der Waals surface area contributed by atoms with E-state index in [1.165, 1.54) is 87.2 Å². The van der Waals surface area contributed by atoms with Crippen LogP contribution in [0, 0.1) is 19.3 Å². The van der Waals surface area contributed by atoms with E-state index in [1.54, 1.807) is 0 Å². The molecule has 3 aliphatic heterocycles. The topological polar surface area (TPSA) is 25.9 Å². The van der Waals surface area contributed by atoms with Crippen LogP contribution in [0.5, 0.6) is 0 Å². The number of fused-ring (bicyclic) bond motifs is 1. The Bertz CT molecular complexity index is 1030. The summed E-state index contributed by atoms with van der Waals surface area (Å²) < 4.78 is 0. The number of aromatic nitrogens is 1. The number of aryl methyl sites for hydroxylation is 1. The summed E-state index contributed by atoms with van der Waals surface area (Å²) in [6, 6.07) is 8.78. The van der Waals surface area contributed by atoms with E-state index in [-0.39, 0.29) is 0 Å². The van der Waals surface area contributed by atoms with Crippen LogP contribution in [-0.2, 0) is 6.42 Å². The quantitative estimate of drug-likeness (QED) is 0.607. The normalized spacial score (nSPS) is 22.2. The van der Waals surface area contributed by atoms with Crippen molar-refractivity contribution in [3.05, 3.63) is 35.5 Å². The zero-order valence-electron chi connectivity index (χ0n) is 22.0. The zero-order valence-corrected chi connectivity index (χ0v) is 22.0. The third kappa shape index (κ3) is 5.35. The van der Waals surface area contributed by atoms with Gasteiger partial charge < -0.3 is 9.80 Å². The fourth-order valence-corrected chi connectivity index (χ4v) is 6.64. The molecule has 188 valence electrons. The molecule has 3 aliphatic rings. The van der Waals surface area contributed by atoms with Gasteiger partial charge in [0.2, 0.25) is 0 Å². The van der Waals surface area contributed by atoms with Crippen molar-refractivity contribution >= 4 is 16.6 Å². The zero-order chi connectivity index (χ0) is 24.4. The molecule has 5 heteroatoms. The highest BCUT2D eigenvalue weighted by Crippen LogP contribution is 2.34. The highest BCUT2D eigenvalue weighted by molar-refractivity contribution is 5.94. The van der Waals surface area contributed by atoms with Gasteiger partial charge in [-0.3, -0.25) is 14.8 Å². The Morgan fingerprint density at radius 3 is 2.17 bits per heavy atom. The molecule has 1 aromatic heterocycles. The molecule has 0 unspecified atom stereocenters. The van der Waals surface area contributed by atoms with Gasteiger partial charge in [0.25, 0.3) is 0 Å². The number of anilines is 1. The van der Waals surface area contributed by atoms with Crippen molar-refractivity contribution in [3.63, 3.8) is 0 Å². The SMILES string of the molecule is C#CCc1cnc2ccc(C)cc2c1N1CCC(N2CCC(N3CCN(C(C)C)CC3)CC2)CC1. The van der Waals surface area contributed by atoms with E-state index in [0.29, 0.717) is 12.5 Å². The first-order chi connectivity index (χ1) is 17.0. The second-order valence-corrected chi connectivity index (χ2v) is 11.2. The van der Waals surface area contributed by atoms with Crippen LogP contribution < -0.4 is 4.90 Å². The molecule has 4 heterocycles. The van der Waals surface area contributed by atoms with E-state index in [4.69, 9.17) is 11.4 Å². The lowest BCUT2D eigenvalue weighted by Gasteiger charge is -2.46. The van der Waals surface area contributed by atoms with Gasteiger partial charge in [-0.1, -0.05) is 11.6 Å². The Balaban J connectivity index is 1.18. The summed E-state index contributed by atoms with van der Waals surface area (Å²) in [4.78, 5) is 15.5. The Morgan fingerprint density at radius 2 is 1.54 bits per heavy atom. The monoisotopic (exact) mass is 473 g/mol. The van der Waals surface area contributed by atoms with Crippen molar-refractivity contribution in [3.8, 4) is 12.3 Å². The van der Waals surface area contributed by atoms with Crippen molar-refractivity contribution in [1.82, 2.24) is 19.7 Å². The van der Waals surface area contributed by atoms with Crippen molar-refractivity contribution < 1.29 is 0 Å². The van der Waals surface area contributed by atoms with Crippen molar-refractivity contribution in [2.45, 2.75) is 71.0 Å². The van der Waals surface area contributed by atoms with Crippen molar-refractivity contribution in [1.29, 1.82) is 0 Å². The number of piperidine rings is 2. The average Bonchev–Trinajstić information content (AvgIpc) is 2.89. The minimum Gasteiger partial charge on any atom is -0.371 e. The molecule has 0 amide bonds. The van der Waals surface area contributed by atoms with Crippen molar-refractivity contribution in [2.75, 3.05) is 57.3 Å². The summed E-state index contributed by atoms with van der Waals surface area (Å²) in [6.07, 6.45) is 13.5. The number of piperazine rings is 1. The van der Waals surface area contributed by atoms with Gasteiger partial charge in [-0.25, -0.2) is 0 Å². The third-order valence-electron chi connectivity index (χ3n) is 8.76. The van der Waals surface area contributed by atoms with Crippen LogP contribution in [0.25, 0.3) is 10.9 Å². The smallest absolute Gasteiger partial charge is 0.0723 e. The molecule has 1 aromatic carbocycles. The highest BCUT2D eigenvalue weighted by Gasteiger charge is 2.32. The van der Waals surface area contributed by atoms with Gasteiger partial charge in [-0.15, -0.1) is 12.3 Å². The number of hydrogen-bond acceptors (Lipinski definition) is 5. The number of nitrogens with zero attached hydrogens (tertiary/aromatic N) is 5. The van der Waals surface area contributed by atoms with Gasteiger partial charge >= 0.3 is 0 Å². The van der Waals surface area contributed by atoms with Crippen LogP contribution in [0.2, 0.25) is 0 Å². The van der Waals surface area contributed by atoms with E-state index < -0.39 is 0 Å². The van der Waals surface area contributed by atoms with Gasteiger partial charge in [0.1, 0.15) is 0 Å². The van der Waals surface area contributed by atoms with E-state index >= 15 is 0 Å². The summed E-state index contributed by atoms with van der Waals surface area (Å²) in [6.45, 7) is 16.5. The fourth-order valence-electron chi connectivity index (χ4n) is 6.64. The molecule has 0 N–H and O–H groups in total. The Hall–Kier alpha value is -2.13. The number of likely N-dealkylation sites (tertiary alicyclic amines) is 1. The van der Waals surface area contributed by atoms with Crippen LogP contribution in [0.3, 0.4) is 0 Å². The molecule has 0 spiro atoms. The summed E-state index contributed by atoms with van der Waals surface area (Å²) in [5.74, 6) is 2.86. The van der Waals surface area contributed by atoms with Gasteiger partial charge in [0, 0.05) is 81.0 Å². The molecule has 3 saturated heterocycles. The van der Waals surface area contributed by atoms with Crippen LogP contribution in [-0.4, -0.2) is 90.2 Å². The third-order valence-corrected chi connectivity index (χ3v) is 8.76. The van der Waals surface area contributed by atoms with Gasteiger partial charge in [0.15, 0.2) is 0 Å². The first-order valence-electron chi connectivity index (χ1n) is 13.8. The predicted molar refractivity (Wildman–Crippen MR) is 147 cm³/mol. The summed E-state index contributed by atoms with van der Waals surface area (Å²) >= 11 is 0. The van der Waals surface area contributed by atoms with Crippen molar-refractivity contribution in [2.24, 2.45) is 0 Å². The summed E-state index contributed by atoms with van der Waals surface area (Å²) in [5.41, 5.74) is 4.88. The van der Waals surface area contributed by atoms with E-state index in [0.717, 1.165) is 30.7 Å². The molecule has 0 atom stereocenters. The number of pyridine rings is 1. The molecule has 2 aromatic rings. The van der Waals surface area contributed by atoms with Crippen LogP contribution in [0.4, 0.5) is 5.69 Å². The number of hydrogen-bond donors (Lipinski definition) is 0. The molecule has 0 saturated carbocycles. The second-order valence-electron chi connectivity index (χ2n) is 11.2. The molecule has 5 nitrogen and oxygen atoms in total. The Labute approximate surface area is 212 Å². The van der Waals surface area contributed by atoms with Crippen LogP contribution in [0.1, 0.15) is 50.7 Å². The molecule has 0 bridgehead atoms. The Kier molecular flexibility index (Phi) is 7.62. The van der Waals surface area contributed by atoms with Gasteiger partial charge in [-0.2, -0.15) is 0 Å². The minimum atomic E-state index is 0.644. The molecule has 3 fully saturated rings. The lowest BCUT2D eigenvalue weighted by molar-refractivity contribution is 0.0359. The standard InChI is InChI=1S/C30H43N5/c1-5-6-25-22-31-29-8-7-24(4)21-28(29)30(25)35-15-11-26(12-16-35)33-13-9-27(10-14-33)34-19-17-32(18-20-34)23(2)3/h1,7-8,21-23,26-27H,6,9-20H2,2-4H3. The number of benzene rings is 1. The molecular formula is C30H43N5. The maximum atomic E-state index is 5.73. The largest absolute Gasteiger partial charge is 0.371 e. The predicted octanol–water partition coefficient (Wildman–Crippen LogP) is 4.18. The van der Waals surface area contributed by atoms with E-state index in [9.17, 15) is 0 Å². The first-order valence-corrected chi connectivity index (χ1v) is 13.8. The second kappa shape index (κ2) is 10.9. The molecular weight excluding hydrogens is 430 g/mol. The maximum Gasteiger partial charge on any atom is 0.0723 e. The van der Waals surface area contributed by atoms with E-state index in [1.807, 2.05) is 6.20 Å². The lowest BCUT2D eigenvalue weighted by atomic mass is 9.95. The fraction of sp³-hybridized carbons (Fsp3) is 0.633. The average molecular weight is 474 g/mol. The number of terminal acetylenes is 1. The molecule has 0 radical (unpaired) electrons. The number of rotatable bonds is 5. The van der Waals surface area contributed by atoms with Gasteiger partial charge in [0.05, 0.1) is 11.2 Å². The van der Waals surface area contributed by atoms with Crippen LogP contribution >= 0.6 is 0 Å². The van der Waals surface area contributed by atoms with E-state index in [2.05, 4.69) is 64.5 Å². The summed E-state index contributed by atoms with van der Waals surface area (Å²) in [5, 5.41) is 1.26. The molecule has 5 rings (SSSR count). The highest BCUT2D eigenvalue weighted by atomic mass is 15.3. The summed E-state index contributed by atoms with van der Waals surface area (Å²) in [7, 11) is 0.